The van der Waals surface area contributed by atoms with Crippen molar-refractivity contribution in [1.82, 2.24) is 9.78 Å². The summed E-state index contributed by atoms with van der Waals surface area (Å²) in [6, 6.07) is 21.3. The van der Waals surface area contributed by atoms with E-state index in [1.807, 2.05) is 10.7 Å². The van der Waals surface area contributed by atoms with Gasteiger partial charge in [-0.2, -0.15) is 0 Å². The van der Waals surface area contributed by atoms with Crippen LogP contribution in [0.15, 0.2) is 67.0 Å². The van der Waals surface area contributed by atoms with Crippen molar-refractivity contribution in [3.05, 3.63) is 83.9 Å². The molecule has 3 aromatic rings. The van der Waals surface area contributed by atoms with Gasteiger partial charge in [0.1, 0.15) is 19.2 Å². The maximum absolute atomic E-state index is 5.75. The zero-order valence-electron chi connectivity index (χ0n) is 13.0. The molecule has 0 bridgehead atoms. The van der Waals surface area contributed by atoms with Crippen molar-refractivity contribution in [3.8, 4) is 0 Å². The standard InChI is InChI=1S/C19H20N3O/c1-3-7-16(8-4-1)11-18-13-23-14-19-20-21(15-22(18)19)12-17-9-5-2-6-10-17/h1-10,15,18H,11-14H2/q+1/t18-/m0/s1. The minimum atomic E-state index is 0.311. The van der Waals surface area contributed by atoms with Gasteiger partial charge >= 0.3 is 5.82 Å². The molecule has 2 aromatic carbocycles. The molecule has 4 nitrogen and oxygen atoms in total. The van der Waals surface area contributed by atoms with Crippen LogP contribution in [-0.2, 0) is 24.3 Å². The summed E-state index contributed by atoms with van der Waals surface area (Å²) < 4.78 is 10.0. The number of fused-ring (bicyclic) bond motifs is 1. The lowest BCUT2D eigenvalue weighted by molar-refractivity contribution is -0.743. The van der Waals surface area contributed by atoms with Crippen molar-refractivity contribution in [2.75, 3.05) is 6.61 Å². The topological polar surface area (TPSA) is 30.9 Å². The summed E-state index contributed by atoms with van der Waals surface area (Å²) in [6.45, 7) is 2.12. The Morgan fingerprint density at radius 3 is 2.43 bits per heavy atom. The van der Waals surface area contributed by atoms with Crippen LogP contribution in [0.1, 0.15) is 23.0 Å². The Morgan fingerprint density at radius 2 is 1.70 bits per heavy atom. The van der Waals surface area contributed by atoms with Crippen LogP contribution < -0.4 is 4.57 Å². The highest BCUT2D eigenvalue weighted by molar-refractivity contribution is 5.15. The van der Waals surface area contributed by atoms with E-state index in [-0.39, 0.29) is 0 Å². The van der Waals surface area contributed by atoms with Crippen LogP contribution in [-0.4, -0.2) is 16.4 Å². The van der Waals surface area contributed by atoms with Crippen LogP contribution in [0.2, 0.25) is 0 Å². The first kappa shape index (κ1) is 14.2. The number of aromatic nitrogens is 3. The van der Waals surface area contributed by atoms with E-state index in [1.54, 1.807) is 0 Å². The lowest BCUT2D eigenvalue weighted by Gasteiger charge is -2.19. The number of nitrogens with zero attached hydrogens (tertiary/aromatic N) is 3. The highest BCUT2D eigenvalue weighted by atomic mass is 16.5. The Balaban J connectivity index is 1.56. The monoisotopic (exact) mass is 306 g/mol. The van der Waals surface area contributed by atoms with E-state index in [0.717, 1.165) is 25.4 Å². The van der Waals surface area contributed by atoms with Gasteiger partial charge in [-0.15, -0.1) is 4.68 Å². The van der Waals surface area contributed by atoms with E-state index in [1.165, 1.54) is 11.1 Å². The lowest BCUT2D eigenvalue weighted by atomic mass is 10.1. The molecule has 1 aromatic heterocycles. The smallest absolute Gasteiger partial charge is 0.303 e. The van der Waals surface area contributed by atoms with E-state index in [4.69, 9.17) is 9.84 Å². The van der Waals surface area contributed by atoms with Crippen LogP contribution in [0.3, 0.4) is 0 Å². The van der Waals surface area contributed by atoms with Crippen LogP contribution in [0.25, 0.3) is 0 Å². The summed E-state index contributed by atoms with van der Waals surface area (Å²) in [7, 11) is 0. The average Bonchev–Trinajstić information content (AvgIpc) is 3.00. The molecule has 4 heteroatoms. The van der Waals surface area contributed by atoms with Crippen LogP contribution in [0, 0.1) is 0 Å². The maximum atomic E-state index is 5.75. The summed E-state index contributed by atoms with van der Waals surface area (Å²) in [5.41, 5.74) is 2.59. The third kappa shape index (κ3) is 3.17. The van der Waals surface area contributed by atoms with Crippen molar-refractivity contribution in [3.63, 3.8) is 0 Å². The summed E-state index contributed by atoms with van der Waals surface area (Å²) in [6.07, 6.45) is 3.09. The van der Waals surface area contributed by atoms with Gasteiger partial charge in [-0.3, -0.25) is 0 Å². The fourth-order valence-corrected chi connectivity index (χ4v) is 3.10. The molecule has 1 aliphatic heterocycles. The summed E-state index contributed by atoms with van der Waals surface area (Å²) in [5, 5.41) is 4.69. The largest absolute Gasteiger partial charge is 0.367 e. The minimum absolute atomic E-state index is 0.311. The molecule has 2 heterocycles. The van der Waals surface area contributed by atoms with Gasteiger partial charge in [-0.05, 0) is 11.1 Å². The third-order valence-corrected chi connectivity index (χ3v) is 4.24. The Labute approximate surface area is 136 Å². The molecule has 0 amide bonds. The Morgan fingerprint density at radius 1 is 1.00 bits per heavy atom. The molecule has 1 aliphatic rings. The van der Waals surface area contributed by atoms with Gasteiger partial charge in [0.15, 0.2) is 0 Å². The van der Waals surface area contributed by atoms with Gasteiger partial charge in [-0.1, -0.05) is 60.7 Å². The summed E-state index contributed by atoms with van der Waals surface area (Å²) in [5.74, 6) is 1.01. The normalized spacial score (nSPS) is 17.0. The molecule has 1 atom stereocenters. The molecule has 0 saturated heterocycles. The van der Waals surface area contributed by atoms with Gasteiger partial charge in [0.25, 0.3) is 0 Å². The Hall–Kier alpha value is -2.46. The first-order valence-electron chi connectivity index (χ1n) is 8.01. The molecule has 0 unspecified atom stereocenters. The van der Waals surface area contributed by atoms with E-state index in [9.17, 15) is 0 Å². The van der Waals surface area contributed by atoms with E-state index < -0.39 is 0 Å². The predicted octanol–water partition coefficient (Wildman–Crippen LogP) is 2.53. The van der Waals surface area contributed by atoms with Gasteiger partial charge in [0.05, 0.1) is 6.61 Å². The van der Waals surface area contributed by atoms with Crippen molar-refractivity contribution in [2.24, 2.45) is 0 Å². The minimum Gasteiger partial charge on any atom is -0.367 e. The third-order valence-electron chi connectivity index (χ3n) is 4.24. The number of hydrogen-bond acceptors (Lipinski definition) is 2. The van der Waals surface area contributed by atoms with Crippen molar-refractivity contribution in [1.29, 1.82) is 0 Å². The molecule has 0 radical (unpaired) electrons. The van der Waals surface area contributed by atoms with Gasteiger partial charge < -0.3 is 4.74 Å². The van der Waals surface area contributed by atoms with Crippen molar-refractivity contribution in [2.45, 2.75) is 25.6 Å². The molecule has 0 saturated carbocycles. The second kappa shape index (κ2) is 6.34. The highest BCUT2D eigenvalue weighted by Crippen LogP contribution is 2.15. The Bertz CT molecular complexity index is 768. The second-order valence-electron chi connectivity index (χ2n) is 5.98. The first-order chi connectivity index (χ1) is 11.4. The Kier molecular flexibility index (Phi) is 3.90. The average molecular weight is 306 g/mol. The predicted molar refractivity (Wildman–Crippen MR) is 86.8 cm³/mol. The fraction of sp³-hybridized carbons (Fsp3) is 0.263. The zero-order chi connectivity index (χ0) is 15.5. The van der Waals surface area contributed by atoms with E-state index in [2.05, 4.69) is 65.5 Å². The molecule has 0 aliphatic carbocycles. The second-order valence-corrected chi connectivity index (χ2v) is 5.98. The number of benzene rings is 2. The van der Waals surface area contributed by atoms with Crippen LogP contribution >= 0.6 is 0 Å². The molecular formula is C19H20N3O+. The van der Waals surface area contributed by atoms with Gasteiger partial charge in [0, 0.05) is 11.5 Å². The fourth-order valence-electron chi connectivity index (χ4n) is 3.10. The van der Waals surface area contributed by atoms with Crippen LogP contribution in [0.4, 0.5) is 0 Å². The van der Waals surface area contributed by atoms with Gasteiger partial charge in [0.2, 0.25) is 6.33 Å². The summed E-state index contributed by atoms with van der Waals surface area (Å²) in [4.78, 5) is 0. The zero-order valence-corrected chi connectivity index (χ0v) is 13.0. The quantitative estimate of drug-likeness (QED) is 0.694. The molecule has 0 fully saturated rings. The molecule has 0 spiro atoms. The van der Waals surface area contributed by atoms with E-state index in [0.29, 0.717) is 12.6 Å². The number of ether oxygens (including phenoxy) is 1. The molecule has 116 valence electrons. The summed E-state index contributed by atoms with van der Waals surface area (Å²) >= 11 is 0. The van der Waals surface area contributed by atoms with E-state index >= 15 is 0 Å². The van der Waals surface area contributed by atoms with Crippen molar-refractivity contribution < 1.29 is 9.30 Å². The van der Waals surface area contributed by atoms with Gasteiger partial charge in [-0.25, -0.2) is 4.57 Å². The van der Waals surface area contributed by atoms with Crippen molar-refractivity contribution >= 4 is 0 Å². The first-order valence-corrected chi connectivity index (χ1v) is 8.01. The van der Waals surface area contributed by atoms with Crippen LogP contribution in [0.5, 0.6) is 0 Å². The molecular weight excluding hydrogens is 286 g/mol. The SMILES string of the molecule is c1ccc(C[C@H]2COCc3nn(Cc4ccccc4)c[n+]32)cc1. The number of rotatable bonds is 4. The molecule has 23 heavy (non-hydrogen) atoms. The molecule has 4 rings (SSSR count). The number of hydrogen-bond donors (Lipinski definition) is 0. The maximum Gasteiger partial charge on any atom is 0.303 e. The lowest BCUT2D eigenvalue weighted by Crippen LogP contribution is -2.48. The molecule has 0 N–H and O–H groups in total. The highest BCUT2D eigenvalue weighted by Gasteiger charge is 2.29.